The average Bonchev–Trinajstić information content (AvgIpc) is 2.94. The van der Waals surface area contributed by atoms with Crippen molar-refractivity contribution >= 4 is 18.2 Å². The van der Waals surface area contributed by atoms with Gasteiger partial charge in [-0.25, -0.2) is 0 Å². The number of rotatable bonds is 7. The zero-order chi connectivity index (χ0) is 23.7. The molecule has 0 aliphatic rings. The quantitative estimate of drug-likeness (QED) is 0.242. The van der Waals surface area contributed by atoms with Gasteiger partial charge in [0.15, 0.2) is 0 Å². The van der Waals surface area contributed by atoms with E-state index in [0.717, 1.165) is 17.7 Å². The number of allylic oxidation sites excluding steroid dienone is 1. The normalized spacial score (nSPS) is 11.3. The SMILES string of the molecule is C(=C/c1ccc(C/C=C/c2ccc(-c3ccccc3)cc2)cn1)/c1ccc(-c2ccccc2)cc1. The number of nitrogens with zero attached hydrogens (tertiary/aromatic N) is 1. The van der Waals surface area contributed by atoms with Crippen molar-refractivity contribution in [2.24, 2.45) is 0 Å². The molecule has 1 heterocycles. The Balaban J connectivity index is 1.16. The largest absolute Gasteiger partial charge is 0.257 e. The number of hydrogen-bond acceptors (Lipinski definition) is 1. The fraction of sp³-hybridized carbons (Fsp3) is 0.0294. The van der Waals surface area contributed by atoms with Gasteiger partial charge in [0.1, 0.15) is 0 Å². The lowest BCUT2D eigenvalue weighted by atomic mass is 10.0. The average molecular weight is 450 g/mol. The van der Waals surface area contributed by atoms with Crippen LogP contribution in [0.1, 0.15) is 22.4 Å². The molecule has 0 atom stereocenters. The van der Waals surface area contributed by atoms with Gasteiger partial charge in [0.25, 0.3) is 0 Å². The van der Waals surface area contributed by atoms with Crippen LogP contribution in [0.15, 0.2) is 134 Å². The van der Waals surface area contributed by atoms with Crippen molar-refractivity contribution in [1.29, 1.82) is 0 Å². The van der Waals surface area contributed by atoms with Crippen LogP contribution < -0.4 is 0 Å². The molecule has 5 aromatic rings. The Morgan fingerprint density at radius 1 is 0.457 bits per heavy atom. The highest BCUT2D eigenvalue weighted by atomic mass is 14.7. The molecule has 0 saturated carbocycles. The van der Waals surface area contributed by atoms with Crippen LogP contribution in [0.2, 0.25) is 0 Å². The van der Waals surface area contributed by atoms with E-state index in [4.69, 9.17) is 0 Å². The van der Waals surface area contributed by atoms with Gasteiger partial charge in [0.2, 0.25) is 0 Å². The number of pyridine rings is 1. The Bertz CT molecular complexity index is 1390. The summed E-state index contributed by atoms with van der Waals surface area (Å²) in [6, 6.07) is 42.4. The fourth-order valence-electron chi connectivity index (χ4n) is 4.00. The summed E-state index contributed by atoms with van der Waals surface area (Å²) in [6.07, 6.45) is 11.3. The van der Waals surface area contributed by atoms with Crippen LogP contribution in [0.4, 0.5) is 0 Å². The standard InChI is InChI=1S/C34H27N/c1-3-10-30(11-4-1)32-20-14-27(15-21-32)8-7-9-29-19-25-34(35-26-29)24-18-28-16-22-33(23-17-28)31-12-5-2-6-13-31/h1-8,10-26H,9H2/b8-7+,24-18-. The van der Waals surface area contributed by atoms with Crippen LogP contribution in [0.5, 0.6) is 0 Å². The van der Waals surface area contributed by atoms with Crippen LogP contribution >= 0.6 is 0 Å². The number of benzene rings is 4. The first-order chi connectivity index (χ1) is 17.3. The summed E-state index contributed by atoms with van der Waals surface area (Å²) >= 11 is 0. The van der Waals surface area contributed by atoms with Gasteiger partial charge in [0.05, 0.1) is 5.69 Å². The fourth-order valence-corrected chi connectivity index (χ4v) is 4.00. The molecule has 0 bridgehead atoms. The van der Waals surface area contributed by atoms with Crippen molar-refractivity contribution in [2.75, 3.05) is 0 Å². The third kappa shape index (κ3) is 6.10. The molecule has 1 heteroatoms. The van der Waals surface area contributed by atoms with E-state index < -0.39 is 0 Å². The van der Waals surface area contributed by atoms with Crippen molar-refractivity contribution < 1.29 is 0 Å². The highest BCUT2D eigenvalue weighted by Crippen LogP contribution is 2.21. The summed E-state index contributed by atoms with van der Waals surface area (Å²) in [7, 11) is 0. The predicted molar refractivity (Wildman–Crippen MR) is 150 cm³/mol. The lowest BCUT2D eigenvalue weighted by Crippen LogP contribution is -1.86. The minimum absolute atomic E-state index is 0.860. The van der Waals surface area contributed by atoms with Crippen molar-refractivity contribution in [3.8, 4) is 22.3 Å². The Hall–Kier alpha value is -4.49. The van der Waals surface area contributed by atoms with Gasteiger partial charge in [-0.15, -0.1) is 0 Å². The Morgan fingerprint density at radius 3 is 1.49 bits per heavy atom. The van der Waals surface area contributed by atoms with Crippen LogP contribution in [-0.2, 0) is 6.42 Å². The highest BCUT2D eigenvalue weighted by Gasteiger charge is 1.98. The minimum atomic E-state index is 0.860. The van der Waals surface area contributed by atoms with Crippen LogP contribution in [0.25, 0.3) is 40.5 Å². The molecule has 35 heavy (non-hydrogen) atoms. The van der Waals surface area contributed by atoms with Crippen molar-refractivity contribution in [1.82, 2.24) is 4.98 Å². The van der Waals surface area contributed by atoms with E-state index in [1.165, 1.54) is 33.4 Å². The summed E-state index contributed by atoms with van der Waals surface area (Å²) in [5, 5.41) is 0. The van der Waals surface area contributed by atoms with Gasteiger partial charge < -0.3 is 0 Å². The molecule has 1 aromatic heterocycles. The van der Waals surface area contributed by atoms with Gasteiger partial charge in [-0.05, 0) is 57.5 Å². The van der Waals surface area contributed by atoms with Gasteiger partial charge >= 0.3 is 0 Å². The molecular weight excluding hydrogens is 422 g/mol. The number of hydrogen-bond donors (Lipinski definition) is 0. The van der Waals surface area contributed by atoms with Crippen LogP contribution in [0, 0.1) is 0 Å². The molecule has 0 radical (unpaired) electrons. The molecule has 0 saturated heterocycles. The summed E-state index contributed by atoms with van der Waals surface area (Å²) in [4.78, 5) is 4.61. The van der Waals surface area contributed by atoms with E-state index in [2.05, 4.69) is 138 Å². The highest BCUT2D eigenvalue weighted by molar-refractivity contribution is 5.71. The Morgan fingerprint density at radius 2 is 0.971 bits per heavy atom. The van der Waals surface area contributed by atoms with Crippen LogP contribution in [-0.4, -0.2) is 4.98 Å². The maximum absolute atomic E-state index is 4.61. The molecule has 0 unspecified atom stereocenters. The Labute approximate surface area is 207 Å². The maximum Gasteiger partial charge on any atom is 0.0630 e. The third-order valence-corrected chi connectivity index (χ3v) is 5.99. The topological polar surface area (TPSA) is 12.9 Å². The monoisotopic (exact) mass is 449 g/mol. The van der Waals surface area contributed by atoms with Crippen molar-refractivity contribution in [3.05, 3.63) is 156 Å². The maximum atomic E-state index is 4.61. The first-order valence-corrected chi connectivity index (χ1v) is 11.9. The molecule has 0 amide bonds. The van der Waals surface area contributed by atoms with Crippen molar-refractivity contribution in [3.63, 3.8) is 0 Å². The molecule has 0 aliphatic carbocycles. The van der Waals surface area contributed by atoms with E-state index in [-0.39, 0.29) is 0 Å². The van der Waals surface area contributed by atoms with E-state index in [0.29, 0.717) is 0 Å². The van der Waals surface area contributed by atoms with E-state index in [1.807, 2.05) is 18.3 Å². The molecule has 0 fully saturated rings. The number of aromatic nitrogens is 1. The van der Waals surface area contributed by atoms with E-state index >= 15 is 0 Å². The third-order valence-electron chi connectivity index (χ3n) is 5.99. The molecule has 1 nitrogen and oxygen atoms in total. The second kappa shape index (κ2) is 11.1. The molecule has 0 N–H and O–H groups in total. The smallest absolute Gasteiger partial charge is 0.0630 e. The summed E-state index contributed by atoms with van der Waals surface area (Å²) in [5.74, 6) is 0. The van der Waals surface area contributed by atoms with E-state index in [9.17, 15) is 0 Å². The van der Waals surface area contributed by atoms with Gasteiger partial charge in [-0.3, -0.25) is 4.98 Å². The van der Waals surface area contributed by atoms with Gasteiger partial charge in [0, 0.05) is 6.20 Å². The molecular formula is C34H27N. The molecule has 4 aromatic carbocycles. The van der Waals surface area contributed by atoms with Gasteiger partial charge in [-0.2, -0.15) is 0 Å². The van der Waals surface area contributed by atoms with Crippen molar-refractivity contribution in [2.45, 2.75) is 6.42 Å². The van der Waals surface area contributed by atoms with E-state index in [1.54, 1.807) is 0 Å². The van der Waals surface area contributed by atoms with Gasteiger partial charge in [-0.1, -0.05) is 133 Å². The first-order valence-electron chi connectivity index (χ1n) is 11.9. The Kier molecular flexibility index (Phi) is 7.07. The predicted octanol–water partition coefficient (Wildman–Crippen LogP) is 8.84. The minimum Gasteiger partial charge on any atom is -0.257 e. The lowest BCUT2D eigenvalue weighted by molar-refractivity contribution is 1.18. The summed E-state index contributed by atoms with van der Waals surface area (Å²) in [6.45, 7) is 0. The zero-order valence-corrected chi connectivity index (χ0v) is 19.6. The zero-order valence-electron chi connectivity index (χ0n) is 19.6. The molecule has 0 spiro atoms. The summed E-state index contributed by atoms with van der Waals surface area (Å²) < 4.78 is 0. The molecule has 168 valence electrons. The second-order valence-corrected chi connectivity index (χ2v) is 8.51. The molecule has 0 aliphatic heterocycles. The molecule has 5 rings (SSSR count). The lowest BCUT2D eigenvalue weighted by Gasteiger charge is -2.02. The van der Waals surface area contributed by atoms with Crippen LogP contribution in [0.3, 0.4) is 0 Å². The first kappa shape index (κ1) is 22.3. The second-order valence-electron chi connectivity index (χ2n) is 8.51. The summed E-state index contributed by atoms with van der Waals surface area (Å²) in [5.41, 5.74) is 9.47.